The Kier molecular flexibility index (Phi) is 4.83. The zero-order chi connectivity index (χ0) is 17.1. The number of carbonyl (C=O) groups is 2. The Morgan fingerprint density at radius 3 is 2.67 bits per heavy atom. The lowest BCUT2D eigenvalue weighted by molar-refractivity contribution is -0.132. The highest BCUT2D eigenvalue weighted by molar-refractivity contribution is 5.82. The molecule has 128 valence electrons. The molecule has 1 fully saturated rings. The molecule has 1 aromatic heterocycles. The number of hydrogen-bond acceptors (Lipinski definition) is 3. The van der Waals surface area contributed by atoms with Crippen molar-refractivity contribution in [2.24, 2.45) is 0 Å². The second kappa shape index (κ2) is 7.03. The van der Waals surface area contributed by atoms with E-state index in [-0.39, 0.29) is 11.8 Å². The summed E-state index contributed by atoms with van der Waals surface area (Å²) in [5.41, 5.74) is 2.91. The number of amides is 2. The third kappa shape index (κ3) is 3.58. The molecule has 2 heterocycles. The molecule has 0 aliphatic carbocycles. The van der Waals surface area contributed by atoms with E-state index >= 15 is 0 Å². The smallest absolute Gasteiger partial charge is 0.227 e. The average Bonchev–Trinajstić information content (AvgIpc) is 2.80. The van der Waals surface area contributed by atoms with Gasteiger partial charge in [0.2, 0.25) is 11.8 Å². The van der Waals surface area contributed by atoms with Gasteiger partial charge in [-0.1, -0.05) is 13.0 Å². The van der Waals surface area contributed by atoms with E-state index < -0.39 is 0 Å². The van der Waals surface area contributed by atoms with Gasteiger partial charge in [-0.3, -0.25) is 9.59 Å². The molecule has 0 atom stereocenters. The number of aryl methyl sites for hydroxylation is 1. The van der Waals surface area contributed by atoms with Crippen LogP contribution in [0.2, 0.25) is 0 Å². The number of fused-ring (bicyclic) bond motifs is 1. The van der Waals surface area contributed by atoms with E-state index in [2.05, 4.69) is 16.9 Å². The zero-order valence-corrected chi connectivity index (χ0v) is 14.3. The van der Waals surface area contributed by atoms with Crippen molar-refractivity contribution in [2.45, 2.75) is 33.1 Å². The molecule has 1 saturated heterocycles. The number of carbonyl (C=O) groups excluding carboxylic acids is 2. The zero-order valence-electron chi connectivity index (χ0n) is 14.3. The summed E-state index contributed by atoms with van der Waals surface area (Å²) >= 11 is 0. The van der Waals surface area contributed by atoms with Crippen molar-refractivity contribution >= 4 is 22.8 Å². The van der Waals surface area contributed by atoms with Crippen LogP contribution in [0.1, 0.15) is 31.7 Å². The maximum atomic E-state index is 12.6. The highest BCUT2D eigenvalue weighted by Crippen LogP contribution is 2.16. The third-order valence-corrected chi connectivity index (χ3v) is 4.58. The van der Waals surface area contributed by atoms with Crippen LogP contribution in [0, 0.1) is 0 Å². The number of aromatic amines is 1. The summed E-state index contributed by atoms with van der Waals surface area (Å²) in [6, 6.07) is 5.95. The second-order valence-electron chi connectivity index (χ2n) is 6.31. The van der Waals surface area contributed by atoms with Gasteiger partial charge in [0.05, 0.1) is 17.5 Å². The molecule has 6 heteroatoms. The summed E-state index contributed by atoms with van der Waals surface area (Å²) in [4.78, 5) is 35.5. The van der Waals surface area contributed by atoms with Gasteiger partial charge < -0.3 is 14.8 Å². The number of nitrogens with one attached hydrogen (secondary N) is 1. The number of aromatic nitrogens is 2. The Labute approximate surface area is 141 Å². The fraction of sp³-hybridized carbons (Fsp3) is 0.500. The molecule has 0 bridgehead atoms. The van der Waals surface area contributed by atoms with Gasteiger partial charge in [-0.2, -0.15) is 0 Å². The summed E-state index contributed by atoms with van der Waals surface area (Å²) in [6.07, 6.45) is 2.09. The summed E-state index contributed by atoms with van der Waals surface area (Å²) in [7, 11) is 0. The fourth-order valence-corrected chi connectivity index (χ4v) is 3.16. The minimum absolute atomic E-state index is 0.0840. The molecule has 24 heavy (non-hydrogen) atoms. The molecule has 2 amide bonds. The highest BCUT2D eigenvalue weighted by Gasteiger charge is 2.20. The van der Waals surface area contributed by atoms with Gasteiger partial charge in [-0.25, -0.2) is 4.98 Å². The van der Waals surface area contributed by atoms with Crippen molar-refractivity contribution in [1.29, 1.82) is 0 Å². The number of hydrogen-bond donors (Lipinski definition) is 1. The highest BCUT2D eigenvalue weighted by atomic mass is 16.2. The van der Waals surface area contributed by atoms with E-state index in [1.807, 2.05) is 28.0 Å². The van der Waals surface area contributed by atoms with E-state index in [4.69, 9.17) is 0 Å². The molecule has 0 radical (unpaired) electrons. The molecule has 0 saturated carbocycles. The van der Waals surface area contributed by atoms with Gasteiger partial charge in [-0.05, 0) is 24.1 Å². The van der Waals surface area contributed by atoms with E-state index in [0.717, 1.165) is 48.4 Å². The van der Waals surface area contributed by atoms with Crippen LogP contribution in [0.25, 0.3) is 11.0 Å². The van der Waals surface area contributed by atoms with Crippen molar-refractivity contribution in [3.05, 3.63) is 29.6 Å². The monoisotopic (exact) mass is 328 g/mol. The van der Waals surface area contributed by atoms with Gasteiger partial charge in [0.25, 0.3) is 0 Å². The molecule has 1 aliphatic heterocycles. The van der Waals surface area contributed by atoms with Gasteiger partial charge in [0.1, 0.15) is 5.82 Å². The number of benzene rings is 1. The van der Waals surface area contributed by atoms with E-state index in [9.17, 15) is 9.59 Å². The maximum absolute atomic E-state index is 12.6. The van der Waals surface area contributed by atoms with Crippen molar-refractivity contribution in [3.63, 3.8) is 0 Å². The summed E-state index contributed by atoms with van der Waals surface area (Å²) < 4.78 is 0. The van der Waals surface area contributed by atoms with Gasteiger partial charge in [-0.15, -0.1) is 0 Å². The van der Waals surface area contributed by atoms with Crippen molar-refractivity contribution in [2.75, 3.05) is 26.2 Å². The Morgan fingerprint density at radius 2 is 1.92 bits per heavy atom. The predicted molar refractivity (Wildman–Crippen MR) is 92.6 cm³/mol. The molecule has 0 unspecified atom stereocenters. The molecule has 3 rings (SSSR count). The maximum Gasteiger partial charge on any atom is 0.227 e. The second-order valence-corrected chi connectivity index (χ2v) is 6.31. The first kappa shape index (κ1) is 16.5. The quantitative estimate of drug-likeness (QED) is 0.933. The van der Waals surface area contributed by atoms with E-state index in [1.54, 1.807) is 6.92 Å². The van der Waals surface area contributed by atoms with Crippen LogP contribution in [0.5, 0.6) is 0 Å². The third-order valence-electron chi connectivity index (χ3n) is 4.58. The molecular formula is C18H24N4O2. The number of imidazole rings is 1. The predicted octanol–water partition coefficient (Wildman–Crippen LogP) is 1.75. The summed E-state index contributed by atoms with van der Waals surface area (Å²) in [6.45, 7) is 6.34. The van der Waals surface area contributed by atoms with E-state index in [1.165, 1.54) is 0 Å². The Balaban J connectivity index is 1.66. The normalized spacial score (nSPS) is 15.6. The molecule has 0 spiro atoms. The lowest BCUT2D eigenvalue weighted by Crippen LogP contribution is -2.37. The summed E-state index contributed by atoms with van der Waals surface area (Å²) in [5, 5.41) is 0. The van der Waals surface area contributed by atoms with Crippen LogP contribution in [0.15, 0.2) is 18.2 Å². The number of rotatable bonds is 3. The Bertz CT molecular complexity index is 753. The lowest BCUT2D eigenvalue weighted by atomic mass is 10.1. The van der Waals surface area contributed by atoms with Crippen molar-refractivity contribution in [1.82, 2.24) is 19.8 Å². The van der Waals surface area contributed by atoms with Crippen LogP contribution in [-0.2, 0) is 22.4 Å². The standard InChI is InChI=1S/C18H24N4O2/c1-3-17-19-15-6-5-14(11-16(15)20-17)12-18(24)22-8-4-7-21(9-10-22)13(2)23/h5-6,11H,3-4,7-10,12H2,1-2H3,(H,19,20). The molecular weight excluding hydrogens is 304 g/mol. The average molecular weight is 328 g/mol. The molecule has 1 aromatic carbocycles. The fourth-order valence-electron chi connectivity index (χ4n) is 3.16. The summed E-state index contributed by atoms with van der Waals surface area (Å²) in [5.74, 6) is 1.17. The van der Waals surface area contributed by atoms with Crippen LogP contribution < -0.4 is 0 Å². The largest absolute Gasteiger partial charge is 0.342 e. The van der Waals surface area contributed by atoms with Gasteiger partial charge in [0, 0.05) is 39.5 Å². The topological polar surface area (TPSA) is 69.3 Å². The Hall–Kier alpha value is -2.37. The SMILES string of the molecule is CCc1nc2ccc(CC(=O)N3CCCN(C(C)=O)CC3)cc2[nH]1. The first-order valence-corrected chi connectivity index (χ1v) is 8.57. The molecule has 1 aliphatic rings. The van der Waals surface area contributed by atoms with Crippen LogP contribution in [0.3, 0.4) is 0 Å². The first-order valence-electron chi connectivity index (χ1n) is 8.57. The molecule has 2 aromatic rings. The Morgan fingerprint density at radius 1 is 1.17 bits per heavy atom. The van der Waals surface area contributed by atoms with Crippen LogP contribution in [-0.4, -0.2) is 57.8 Å². The number of H-pyrrole nitrogens is 1. The minimum atomic E-state index is 0.0840. The lowest BCUT2D eigenvalue weighted by Gasteiger charge is -2.21. The minimum Gasteiger partial charge on any atom is -0.342 e. The van der Waals surface area contributed by atoms with Crippen LogP contribution >= 0.6 is 0 Å². The van der Waals surface area contributed by atoms with Crippen molar-refractivity contribution in [3.8, 4) is 0 Å². The van der Waals surface area contributed by atoms with Crippen molar-refractivity contribution < 1.29 is 9.59 Å². The van der Waals surface area contributed by atoms with E-state index in [0.29, 0.717) is 19.5 Å². The van der Waals surface area contributed by atoms with Gasteiger partial charge >= 0.3 is 0 Å². The van der Waals surface area contributed by atoms with Crippen LogP contribution in [0.4, 0.5) is 0 Å². The molecule has 6 nitrogen and oxygen atoms in total. The number of nitrogens with zero attached hydrogens (tertiary/aromatic N) is 3. The van der Waals surface area contributed by atoms with Gasteiger partial charge in [0.15, 0.2) is 0 Å². The molecule has 1 N–H and O–H groups in total. The first-order chi connectivity index (χ1) is 11.6.